The second-order valence-electron chi connectivity index (χ2n) is 4.38. The van der Waals surface area contributed by atoms with Gasteiger partial charge in [0.05, 0.1) is 0 Å². The van der Waals surface area contributed by atoms with Crippen LogP contribution in [0.15, 0.2) is 51.5 Å². The molecule has 3 aromatic rings. The molecule has 4 nitrogen and oxygen atoms in total. The Labute approximate surface area is 123 Å². The van der Waals surface area contributed by atoms with Gasteiger partial charge in [-0.25, -0.2) is 0 Å². The first-order valence-electron chi connectivity index (χ1n) is 6.00. The normalized spacial score (nSPS) is 10.8. The predicted octanol–water partition coefficient (Wildman–Crippen LogP) is 3.88. The van der Waals surface area contributed by atoms with Crippen molar-refractivity contribution < 1.29 is 14.4 Å². The highest BCUT2D eigenvalue weighted by molar-refractivity contribution is 9.10. The largest absolute Gasteiger partial charge is 0.481 e. The molecule has 20 heavy (non-hydrogen) atoms. The van der Waals surface area contributed by atoms with Crippen molar-refractivity contribution in [2.45, 2.75) is 6.42 Å². The molecule has 0 saturated carbocycles. The molecule has 0 atom stereocenters. The monoisotopic (exact) mass is 331 g/mol. The molecular formula is C15H10BrNO3. The molecule has 1 aromatic heterocycles. The third-order valence-corrected chi connectivity index (χ3v) is 3.58. The van der Waals surface area contributed by atoms with Crippen molar-refractivity contribution in [2.75, 3.05) is 0 Å². The van der Waals surface area contributed by atoms with E-state index >= 15 is 0 Å². The second kappa shape index (κ2) is 5.09. The van der Waals surface area contributed by atoms with Crippen LogP contribution in [0, 0.1) is 0 Å². The van der Waals surface area contributed by atoms with Gasteiger partial charge in [0.25, 0.3) is 0 Å². The number of carbonyl (C=O) groups is 1. The molecule has 100 valence electrons. The summed E-state index contributed by atoms with van der Waals surface area (Å²) in [6, 6.07) is 13.5. The van der Waals surface area contributed by atoms with E-state index in [2.05, 4.69) is 21.1 Å². The van der Waals surface area contributed by atoms with Crippen LogP contribution in [0.2, 0.25) is 0 Å². The maximum absolute atomic E-state index is 10.8. The van der Waals surface area contributed by atoms with Gasteiger partial charge in [0.2, 0.25) is 0 Å². The molecule has 0 saturated heterocycles. The number of benzene rings is 2. The lowest BCUT2D eigenvalue weighted by atomic mass is 10.0. The van der Waals surface area contributed by atoms with Crippen LogP contribution in [-0.4, -0.2) is 16.2 Å². The highest BCUT2D eigenvalue weighted by Crippen LogP contribution is 2.30. The van der Waals surface area contributed by atoms with E-state index in [1.807, 2.05) is 42.5 Å². The molecular weight excluding hydrogens is 322 g/mol. The summed E-state index contributed by atoms with van der Waals surface area (Å²) < 4.78 is 6.17. The van der Waals surface area contributed by atoms with Crippen LogP contribution in [0.25, 0.3) is 22.0 Å². The quantitative estimate of drug-likeness (QED) is 0.790. The molecule has 5 heteroatoms. The molecule has 0 unspecified atom stereocenters. The molecule has 0 aliphatic rings. The van der Waals surface area contributed by atoms with Crippen LogP contribution >= 0.6 is 15.9 Å². The lowest BCUT2D eigenvalue weighted by Gasteiger charge is -2.02. The molecule has 0 spiro atoms. The Hall–Kier alpha value is -2.14. The zero-order chi connectivity index (χ0) is 14.1. The van der Waals surface area contributed by atoms with Crippen LogP contribution in [-0.2, 0) is 11.2 Å². The minimum Gasteiger partial charge on any atom is -0.481 e. The maximum Gasteiger partial charge on any atom is 0.311 e. The van der Waals surface area contributed by atoms with Crippen LogP contribution in [0.1, 0.15) is 5.76 Å². The average Bonchev–Trinajstić information content (AvgIpc) is 2.82. The summed E-state index contributed by atoms with van der Waals surface area (Å²) in [5, 5.41) is 13.6. The van der Waals surface area contributed by atoms with Gasteiger partial charge in [-0.2, -0.15) is 0 Å². The van der Waals surface area contributed by atoms with Gasteiger partial charge in [-0.3, -0.25) is 4.79 Å². The number of halogens is 1. The van der Waals surface area contributed by atoms with Crippen LogP contribution in [0.4, 0.5) is 0 Å². The van der Waals surface area contributed by atoms with Gasteiger partial charge < -0.3 is 9.63 Å². The summed E-state index contributed by atoms with van der Waals surface area (Å²) in [5.74, 6) is -0.552. The molecule has 1 heterocycles. The summed E-state index contributed by atoms with van der Waals surface area (Å²) in [5.41, 5.74) is 2.62. The number of carboxylic acid groups (broad SMARTS) is 1. The number of hydrogen-bond donors (Lipinski definition) is 1. The maximum atomic E-state index is 10.8. The average molecular weight is 332 g/mol. The van der Waals surface area contributed by atoms with Gasteiger partial charge in [-0.15, -0.1) is 0 Å². The van der Waals surface area contributed by atoms with E-state index in [-0.39, 0.29) is 6.42 Å². The highest BCUT2D eigenvalue weighted by atomic mass is 79.9. The number of nitrogens with zero attached hydrogens (tertiary/aromatic N) is 1. The summed E-state index contributed by atoms with van der Waals surface area (Å²) >= 11 is 3.40. The number of carboxylic acids is 1. The Morgan fingerprint density at radius 3 is 2.65 bits per heavy atom. The van der Waals surface area contributed by atoms with Crippen molar-refractivity contribution in [2.24, 2.45) is 0 Å². The number of fused-ring (bicyclic) bond motifs is 1. The van der Waals surface area contributed by atoms with Crippen molar-refractivity contribution in [3.63, 3.8) is 0 Å². The molecule has 2 aromatic carbocycles. The Kier molecular flexibility index (Phi) is 3.28. The first kappa shape index (κ1) is 12.9. The summed E-state index contributed by atoms with van der Waals surface area (Å²) in [6.45, 7) is 0. The standard InChI is InChI=1S/C15H10BrNO3/c16-10-6-4-9(5-7-10)11-2-1-3-12-13(8-14(18)19)20-17-15(11)12/h1-7H,8H2,(H,18,19). The molecule has 0 bridgehead atoms. The molecule has 0 aliphatic heterocycles. The van der Waals surface area contributed by atoms with E-state index in [1.165, 1.54) is 0 Å². The molecule has 0 radical (unpaired) electrons. The Bertz CT molecular complexity index is 777. The Balaban J connectivity index is 2.15. The van der Waals surface area contributed by atoms with Gasteiger partial charge in [0, 0.05) is 15.4 Å². The molecule has 1 N–H and O–H groups in total. The third kappa shape index (κ3) is 2.32. The fourth-order valence-electron chi connectivity index (χ4n) is 2.14. The second-order valence-corrected chi connectivity index (χ2v) is 5.30. The van der Waals surface area contributed by atoms with Crippen molar-refractivity contribution >= 4 is 32.8 Å². The van der Waals surface area contributed by atoms with E-state index < -0.39 is 5.97 Å². The van der Waals surface area contributed by atoms with Gasteiger partial charge in [-0.1, -0.05) is 45.4 Å². The zero-order valence-corrected chi connectivity index (χ0v) is 11.9. The number of aromatic nitrogens is 1. The predicted molar refractivity (Wildman–Crippen MR) is 78.5 cm³/mol. The van der Waals surface area contributed by atoms with Crippen LogP contribution in [0.3, 0.4) is 0 Å². The number of aliphatic carboxylic acids is 1. The van der Waals surface area contributed by atoms with Crippen molar-refractivity contribution in [1.82, 2.24) is 5.16 Å². The molecule has 0 amide bonds. The number of rotatable bonds is 3. The van der Waals surface area contributed by atoms with Crippen LogP contribution < -0.4 is 0 Å². The smallest absolute Gasteiger partial charge is 0.311 e. The molecule has 0 fully saturated rings. The first-order valence-corrected chi connectivity index (χ1v) is 6.79. The van der Waals surface area contributed by atoms with Gasteiger partial charge in [-0.05, 0) is 23.8 Å². The third-order valence-electron chi connectivity index (χ3n) is 3.05. The van der Waals surface area contributed by atoms with Gasteiger partial charge in [0.1, 0.15) is 11.9 Å². The van der Waals surface area contributed by atoms with E-state index in [0.29, 0.717) is 11.3 Å². The van der Waals surface area contributed by atoms with Crippen molar-refractivity contribution in [3.05, 3.63) is 52.7 Å². The minimum absolute atomic E-state index is 0.166. The molecule has 0 aliphatic carbocycles. The summed E-state index contributed by atoms with van der Waals surface area (Å²) in [7, 11) is 0. The highest BCUT2D eigenvalue weighted by Gasteiger charge is 2.15. The number of hydrogen-bond acceptors (Lipinski definition) is 3. The zero-order valence-electron chi connectivity index (χ0n) is 10.3. The lowest BCUT2D eigenvalue weighted by molar-refractivity contribution is -0.136. The fraction of sp³-hybridized carbons (Fsp3) is 0.0667. The van der Waals surface area contributed by atoms with Crippen LogP contribution in [0.5, 0.6) is 0 Å². The van der Waals surface area contributed by atoms with Crippen molar-refractivity contribution in [3.8, 4) is 11.1 Å². The lowest BCUT2D eigenvalue weighted by Crippen LogP contribution is -1.98. The van der Waals surface area contributed by atoms with Gasteiger partial charge in [0.15, 0.2) is 5.76 Å². The topological polar surface area (TPSA) is 63.3 Å². The van der Waals surface area contributed by atoms with Crippen molar-refractivity contribution in [1.29, 1.82) is 0 Å². The van der Waals surface area contributed by atoms with E-state index in [0.717, 1.165) is 21.0 Å². The van der Waals surface area contributed by atoms with Gasteiger partial charge >= 0.3 is 5.97 Å². The minimum atomic E-state index is -0.933. The van der Waals surface area contributed by atoms with E-state index in [1.54, 1.807) is 0 Å². The SMILES string of the molecule is O=C(O)Cc1onc2c(-c3ccc(Br)cc3)cccc12. The first-order chi connectivity index (χ1) is 9.65. The van der Waals surface area contributed by atoms with E-state index in [4.69, 9.17) is 9.63 Å². The summed E-state index contributed by atoms with van der Waals surface area (Å²) in [4.78, 5) is 10.8. The summed E-state index contributed by atoms with van der Waals surface area (Å²) in [6.07, 6.45) is -0.166. The fourth-order valence-corrected chi connectivity index (χ4v) is 2.41. The van der Waals surface area contributed by atoms with E-state index in [9.17, 15) is 4.79 Å². The Morgan fingerprint density at radius 1 is 1.20 bits per heavy atom. The Morgan fingerprint density at radius 2 is 1.95 bits per heavy atom. The molecule has 3 rings (SSSR count).